The molecule has 2 amide bonds. The van der Waals surface area contributed by atoms with E-state index in [2.05, 4.69) is 20.5 Å². The predicted molar refractivity (Wildman–Crippen MR) is 129 cm³/mol. The largest absolute Gasteiger partial charge is 0.430 e. The lowest BCUT2D eigenvalue weighted by atomic mass is 9.90. The summed E-state index contributed by atoms with van der Waals surface area (Å²) >= 11 is 6.17. The van der Waals surface area contributed by atoms with Crippen LogP contribution in [-0.2, 0) is 10.4 Å². The van der Waals surface area contributed by atoms with Gasteiger partial charge in [-0.15, -0.1) is 0 Å². The number of nitrogens with zero attached hydrogens (tertiary/aromatic N) is 2. The molecule has 1 aromatic carbocycles. The van der Waals surface area contributed by atoms with E-state index in [1.54, 1.807) is 12.1 Å². The number of amides is 2. The first-order valence-corrected chi connectivity index (χ1v) is 12.2. The molecule has 1 saturated heterocycles. The van der Waals surface area contributed by atoms with Crippen LogP contribution in [0.2, 0.25) is 5.15 Å². The Morgan fingerprint density at radius 3 is 2.39 bits per heavy atom. The van der Waals surface area contributed by atoms with E-state index in [1.165, 1.54) is 25.2 Å². The predicted octanol–water partition coefficient (Wildman–Crippen LogP) is 3.51. The van der Waals surface area contributed by atoms with Crippen molar-refractivity contribution in [3.63, 3.8) is 0 Å². The van der Waals surface area contributed by atoms with Crippen LogP contribution in [0.1, 0.15) is 35.2 Å². The molecule has 1 aromatic heterocycles. The van der Waals surface area contributed by atoms with Gasteiger partial charge >= 0.3 is 6.18 Å². The number of aromatic nitrogens is 1. The molecule has 36 heavy (non-hydrogen) atoms. The Labute approximate surface area is 212 Å². The van der Waals surface area contributed by atoms with Crippen LogP contribution in [0.4, 0.5) is 19.0 Å². The molecule has 0 bridgehead atoms. The molecule has 2 fully saturated rings. The number of hydrogen-bond donors (Lipinski definition) is 3. The van der Waals surface area contributed by atoms with E-state index >= 15 is 0 Å². The highest BCUT2D eigenvalue weighted by Gasteiger charge is 2.61. The number of hydrogen-bond acceptors (Lipinski definition) is 5. The summed E-state index contributed by atoms with van der Waals surface area (Å²) in [4.78, 5) is 30.8. The highest BCUT2D eigenvalue weighted by Crippen LogP contribution is 2.48. The van der Waals surface area contributed by atoms with E-state index in [1.807, 2.05) is 0 Å². The van der Waals surface area contributed by atoms with Crippen LogP contribution in [0.25, 0.3) is 0 Å². The van der Waals surface area contributed by atoms with E-state index in [4.69, 9.17) is 11.6 Å². The van der Waals surface area contributed by atoms with E-state index in [9.17, 15) is 27.9 Å². The second-order valence-electron chi connectivity index (χ2n) is 9.36. The minimum atomic E-state index is -5.15. The number of halogens is 4. The van der Waals surface area contributed by atoms with Crippen LogP contribution in [0.3, 0.4) is 0 Å². The topological polar surface area (TPSA) is 94.6 Å². The zero-order chi connectivity index (χ0) is 26.1. The standard InChI is InChI=1S/C25H28ClF3N4O3/c1-30-22(34)18-7-8-20(32-21(18)26)33-11-9-15(10-12-33)19-13-16(19)14-31-23(35)24(36,25(27,28)29)17-5-3-2-4-6-17/h2-8,15-16,19,36H,9-14H2,1H3,(H,30,34)(H,31,35)/t16-,19+,24+/m0/s1. The molecule has 1 aliphatic carbocycles. The smallest absolute Gasteiger partial charge is 0.369 e. The van der Waals surface area contributed by atoms with Crippen molar-refractivity contribution < 1.29 is 27.9 Å². The highest BCUT2D eigenvalue weighted by atomic mass is 35.5. The van der Waals surface area contributed by atoms with Crippen LogP contribution >= 0.6 is 11.6 Å². The molecule has 0 radical (unpaired) electrons. The highest BCUT2D eigenvalue weighted by molar-refractivity contribution is 6.32. The third kappa shape index (κ3) is 5.15. The number of pyridine rings is 1. The Kier molecular flexibility index (Phi) is 7.47. The zero-order valence-corrected chi connectivity index (χ0v) is 20.4. The zero-order valence-electron chi connectivity index (χ0n) is 19.7. The van der Waals surface area contributed by atoms with Gasteiger partial charge in [0.2, 0.25) is 0 Å². The SMILES string of the molecule is CNC(=O)c1ccc(N2CCC([C@H]3C[C@H]3CNC(=O)[C@](O)(c3ccccc3)C(F)(F)F)CC2)nc1Cl. The molecule has 2 aliphatic rings. The summed E-state index contributed by atoms with van der Waals surface area (Å²) in [5, 5.41) is 15.4. The van der Waals surface area contributed by atoms with Crippen molar-refractivity contribution in [2.75, 3.05) is 31.6 Å². The molecule has 2 heterocycles. The summed E-state index contributed by atoms with van der Waals surface area (Å²) in [6.45, 7) is 1.57. The van der Waals surface area contributed by atoms with Gasteiger partial charge in [0.05, 0.1) is 5.56 Å². The summed E-state index contributed by atoms with van der Waals surface area (Å²) in [6, 6.07) is 9.81. The van der Waals surface area contributed by atoms with Gasteiger partial charge in [0.15, 0.2) is 0 Å². The maximum atomic E-state index is 13.7. The van der Waals surface area contributed by atoms with Gasteiger partial charge in [0.25, 0.3) is 17.4 Å². The molecule has 2 aromatic rings. The van der Waals surface area contributed by atoms with Crippen molar-refractivity contribution in [3.05, 3.63) is 58.7 Å². The molecule has 7 nitrogen and oxygen atoms in total. The number of anilines is 1. The monoisotopic (exact) mass is 524 g/mol. The van der Waals surface area contributed by atoms with Gasteiger partial charge in [-0.2, -0.15) is 13.2 Å². The van der Waals surface area contributed by atoms with Gasteiger partial charge in [-0.25, -0.2) is 4.98 Å². The number of rotatable bonds is 7. The maximum absolute atomic E-state index is 13.7. The second kappa shape index (κ2) is 10.3. The number of nitrogens with one attached hydrogen (secondary N) is 2. The van der Waals surface area contributed by atoms with Gasteiger partial charge < -0.3 is 20.6 Å². The number of piperidine rings is 1. The van der Waals surface area contributed by atoms with Gasteiger partial charge in [0, 0.05) is 32.2 Å². The second-order valence-corrected chi connectivity index (χ2v) is 9.71. The van der Waals surface area contributed by atoms with Crippen molar-refractivity contribution in [3.8, 4) is 0 Å². The molecule has 11 heteroatoms. The first-order valence-electron chi connectivity index (χ1n) is 11.8. The molecule has 1 aliphatic heterocycles. The molecule has 1 saturated carbocycles. The Bertz CT molecular complexity index is 1110. The third-order valence-electron chi connectivity index (χ3n) is 7.21. The van der Waals surface area contributed by atoms with Crippen LogP contribution in [0.15, 0.2) is 42.5 Å². The fourth-order valence-electron chi connectivity index (χ4n) is 5.00. The van der Waals surface area contributed by atoms with E-state index in [-0.39, 0.29) is 23.5 Å². The Morgan fingerprint density at radius 2 is 1.81 bits per heavy atom. The fraction of sp³-hybridized carbons (Fsp3) is 0.480. The Hall–Kier alpha value is -2.85. The summed E-state index contributed by atoms with van der Waals surface area (Å²) in [7, 11) is 1.52. The average Bonchev–Trinajstić information content (AvgIpc) is 3.66. The molecule has 0 unspecified atom stereocenters. The first kappa shape index (κ1) is 26.2. The number of benzene rings is 1. The quantitative estimate of drug-likeness (QED) is 0.482. The summed E-state index contributed by atoms with van der Waals surface area (Å²) < 4.78 is 41.0. The van der Waals surface area contributed by atoms with Crippen LogP contribution in [0, 0.1) is 17.8 Å². The van der Waals surface area contributed by atoms with Crippen molar-refractivity contribution >= 4 is 29.2 Å². The number of alkyl halides is 3. The molecular weight excluding hydrogens is 497 g/mol. The van der Waals surface area contributed by atoms with Crippen molar-refractivity contribution in [1.82, 2.24) is 15.6 Å². The first-order chi connectivity index (χ1) is 17.1. The van der Waals surface area contributed by atoms with Crippen molar-refractivity contribution in [2.45, 2.75) is 31.0 Å². The molecule has 3 N–H and O–H groups in total. The lowest BCUT2D eigenvalue weighted by Crippen LogP contribution is -2.54. The summed E-state index contributed by atoms with van der Waals surface area (Å²) in [6.07, 6.45) is -2.57. The van der Waals surface area contributed by atoms with E-state index in [0.29, 0.717) is 23.2 Å². The number of carbonyl (C=O) groups excluding carboxylic acids is 2. The normalized spacial score (nSPS) is 22.0. The number of aliphatic hydroxyl groups is 1. The minimum Gasteiger partial charge on any atom is -0.369 e. The third-order valence-corrected chi connectivity index (χ3v) is 7.50. The minimum absolute atomic E-state index is 0.0816. The van der Waals surface area contributed by atoms with Crippen LogP contribution in [0.5, 0.6) is 0 Å². The summed E-state index contributed by atoms with van der Waals surface area (Å²) in [5.74, 6) is -0.280. The van der Waals surface area contributed by atoms with Crippen molar-refractivity contribution in [2.24, 2.45) is 17.8 Å². The van der Waals surface area contributed by atoms with E-state index < -0.39 is 23.2 Å². The molecule has 4 rings (SSSR count). The average molecular weight is 525 g/mol. The van der Waals surface area contributed by atoms with Gasteiger partial charge in [0.1, 0.15) is 11.0 Å². The lowest BCUT2D eigenvalue weighted by molar-refractivity contribution is -0.257. The van der Waals surface area contributed by atoms with Crippen molar-refractivity contribution in [1.29, 1.82) is 0 Å². The van der Waals surface area contributed by atoms with Gasteiger partial charge in [-0.3, -0.25) is 9.59 Å². The Morgan fingerprint density at radius 1 is 1.14 bits per heavy atom. The van der Waals surface area contributed by atoms with Crippen LogP contribution < -0.4 is 15.5 Å². The lowest BCUT2D eigenvalue weighted by Gasteiger charge is -2.33. The fourth-order valence-corrected chi connectivity index (χ4v) is 5.23. The van der Waals surface area contributed by atoms with Gasteiger partial charge in [-0.05, 0) is 49.1 Å². The van der Waals surface area contributed by atoms with E-state index in [0.717, 1.165) is 44.5 Å². The molecule has 194 valence electrons. The molecular formula is C25H28ClF3N4O3. The maximum Gasteiger partial charge on any atom is 0.430 e. The van der Waals surface area contributed by atoms with Gasteiger partial charge in [-0.1, -0.05) is 41.9 Å². The van der Waals surface area contributed by atoms with Crippen LogP contribution in [-0.4, -0.2) is 54.8 Å². The summed E-state index contributed by atoms with van der Waals surface area (Å²) in [5.41, 5.74) is -3.79. The number of carbonyl (C=O) groups is 2. The molecule has 3 atom stereocenters. The Balaban J connectivity index is 1.29. The molecule has 0 spiro atoms.